The van der Waals surface area contributed by atoms with Crippen molar-refractivity contribution in [3.63, 3.8) is 0 Å². The molecule has 0 fully saturated rings. The average Bonchev–Trinajstić information content (AvgIpc) is 3.19. The fourth-order valence-electron chi connectivity index (χ4n) is 3.86. The predicted octanol–water partition coefficient (Wildman–Crippen LogP) is 3.99. The van der Waals surface area contributed by atoms with Gasteiger partial charge in [-0.1, -0.05) is 43.7 Å². The lowest BCUT2D eigenvalue weighted by atomic mass is 9.94. The summed E-state index contributed by atoms with van der Waals surface area (Å²) in [6, 6.07) is 7.16. The number of nitrogens with zero attached hydrogens (tertiary/aromatic N) is 3. The average molecular weight is 428 g/mol. The molecule has 0 bridgehead atoms. The second-order valence-electron chi connectivity index (χ2n) is 7.58. The summed E-state index contributed by atoms with van der Waals surface area (Å²) >= 11 is 1.29. The number of aliphatic hydroxyl groups is 1. The Morgan fingerprint density at radius 1 is 1.17 bits per heavy atom. The van der Waals surface area contributed by atoms with Gasteiger partial charge in [0.05, 0.1) is 27.2 Å². The maximum atomic E-state index is 13.4. The van der Waals surface area contributed by atoms with Crippen molar-refractivity contribution in [2.45, 2.75) is 40.7 Å². The van der Waals surface area contributed by atoms with Crippen LogP contribution in [0.25, 0.3) is 0 Å². The molecule has 0 saturated carbocycles. The highest BCUT2D eigenvalue weighted by Crippen LogP contribution is 2.40. The standard InChI is InChI=1S/C23H29N3O3S/c1-6-25(7-2)12-13-26-19(17-10-8-14(3)9-11-17)18(21(28)23(26)29)20(27)22-15(4)24-16(5)30-22/h8-11,19,28H,6-7,12-13H2,1-5H3/t19-/m0/s1. The molecule has 0 radical (unpaired) electrons. The highest BCUT2D eigenvalue weighted by molar-refractivity contribution is 7.14. The molecule has 160 valence electrons. The first kappa shape index (κ1) is 22.2. The van der Waals surface area contributed by atoms with Crippen LogP contribution in [0.3, 0.4) is 0 Å². The number of likely N-dealkylation sites (N-methyl/N-ethyl adjacent to an activating group) is 1. The largest absolute Gasteiger partial charge is 0.503 e. The summed E-state index contributed by atoms with van der Waals surface area (Å²) < 4.78 is 0. The fourth-order valence-corrected chi connectivity index (χ4v) is 4.74. The Morgan fingerprint density at radius 3 is 2.33 bits per heavy atom. The van der Waals surface area contributed by atoms with E-state index in [1.54, 1.807) is 11.8 Å². The Balaban J connectivity index is 2.04. The van der Waals surface area contributed by atoms with Gasteiger partial charge in [0, 0.05) is 13.1 Å². The quantitative estimate of drug-likeness (QED) is 0.645. The molecule has 1 aliphatic heterocycles. The molecule has 0 unspecified atom stereocenters. The summed E-state index contributed by atoms with van der Waals surface area (Å²) in [6.45, 7) is 12.6. The number of carbonyl (C=O) groups is 2. The first-order valence-electron chi connectivity index (χ1n) is 10.3. The van der Waals surface area contributed by atoms with E-state index in [1.165, 1.54) is 11.3 Å². The Hall–Kier alpha value is -2.51. The van der Waals surface area contributed by atoms with E-state index in [-0.39, 0.29) is 11.4 Å². The van der Waals surface area contributed by atoms with Crippen LogP contribution in [0.1, 0.15) is 51.4 Å². The van der Waals surface area contributed by atoms with Gasteiger partial charge in [-0.05, 0) is 39.4 Å². The molecular weight excluding hydrogens is 398 g/mol. The number of carbonyl (C=O) groups excluding carboxylic acids is 2. The first-order chi connectivity index (χ1) is 14.3. The number of aliphatic hydroxyl groups excluding tert-OH is 1. The number of hydrogen-bond acceptors (Lipinski definition) is 6. The van der Waals surface area contributed by atoms with Gasteiger partial charge in [0.1, 0.15) is 0 Å². The van der Waals surface area contributed by atoms with Gasteiger partial charge in [0.2, 0.25) is 5.78 Å². The van der Waals surface area contributed by atoms with Gasteiger partial charge >= 0.3 is 0 Å². The normalized spacial score (nSPS) is 16.8. The molecule has 0 saturated heterocycles. The van der Waals surface area contributed by atoms with Crippen molar-refractivity contribution in [1.82, 2.24) is 14.8 Å². The van der Waals surface area contributed by atoms with Crippen LogP contribution in [-0.4, -0.2) is 57.8 Å². The number of aromatic nitrogens is 1. The molecule has 6 nitrogen and oxygen atoms in total. The number of rotatable bonds is 8. The summed E-state index contributed by atoms with van der Waals surface area (Å²) in [5, 5.41) is 11.5. The molecule has 3 rings (SSSR count). The molecule has 1 aromatic carbocycles. The van der Waals surface area contributed by atoms with Gasteiger partial charge in [-0.2, -0.15) is 0 Å². The van der Waals surface area contributed by atoms with E-state index in [4.69, 9.17) is 0 Å². The molecule has 1 amide bonds. The molecule has 1 N–H and O–H groups in total. The molecule has 1 aromatic heterocycles. The van der Waals surface area contributed by atoms with Crippen LogP contribution in [-0.2, 0) is 4.79 Å². The first-order valence-corrected chi connectivity index (χ1v) is 11.1. The fraction of sp³-hybridized carbons (Fsp3) is 0.435. The zero-order valence-electron chi connectivity index (χ0n) is 18.2. The van der Waals surface area contributed by atoms with Crippen molar-refractivity contribution in [3.05, 3.63) is 62.3 Å². The Morgan fingerprint density at radius 2 is 1.80 bits per heavy atom. The van der Waals surface area contributed by atoms with Crippen LogP contribution in [0.15, 0.2) is 35.6 Å². The summed E-state index contributed by atoms with van der Waals surface area (Å²) in [5.74, 6) is -1.26. The Kier molecular flexibility index (Phi) is 6.73. The van der Waals surface area contributed by atoms with Crippen molar-refractivity contribution < 1.29 is 14.7 Å². The Labute approximate surface area is 181 Å². The highest BCUT2D eigenvalue weighted by Gasteiger charge is 2.44. The third-order valence-electron chi connectivity index (χ3n) is 5.60. The van der Waals surface area contributed by atoms with Crippen LogP contribution >= 0.6 is 11.3 Å². The topological polar surface area (TPSA) is 73.7 Å². The number of Topliss-reactive ketones (excluding diaryl/α,β-unsaturated/α-hetero) is 1. The number of hydrogen-bond donors (Lipinski definition) is 1. The predicted molar refractivity (Wildman–Crippen MR) is 119 cm³/mol. The van der Waals surface area contributed by atoms with Gasteiger partial charge in [-0.3, -0.25) is 9.59 Å². The number of thiazole rings is 1. The Bertz CT molecular complexity index is 974. The van der Waals surface area contributed by atoms with Crippen molar-refractivity contribution in [3.8, 4) is 0 Å². The maximum absolute atomic E-state index is 13.4. The molecule has 0 aliphatic carbocycles. The van der Waals surface area contributed by atoms with E-state index in [0.717, 1.165) is 29.2 Å². The summed E-state index contributed by atoms with van der Waals surface area (Å²) in [7, 11) is 0. The van der Waals surface area contributed by atoms with Gasteiger partial charge in [0.15, 0.2) is 5.76 Å². The minimum absolute atomic E-state index is 0.148. The van der Waals surface area contributed by atoms with E-state index >= 15 is 0 Å². The van der Waals surface area contributed by atoms with Crippen molar-refractivity contribution >= 4 is 23.0 Å². The molecule has 2 aromatic rings. The SMILES string of the molecule is CCN(CC)CCN1C(=O)C(O)=C(C(=O)c2sc(C)nc2C)[C@@H]1c1ccc(C)cc1. The summed E-state index contributed by atoms with van der Waals surface area (Å²) in [4.78, 5) is 35.1. The van der Waals surface area contributed by atoms with Gasteiger partial charge in [0.25, 0.3) is 5.91 Å². The second-order valence-corrected chi connectivity index (χ2v) is 8.78. The molecule has 0 spiro atoms. The summed E-state index contributed by atoms with van der Waals surface area (Å²) in [6.07, 6.45) is 0. The van der Waals surface area contributed by atoms with E-state index in [0.29, 0.717) is 23.7 Å². The van der Waals surface area contributed by atoms with Crippen molar-refractivity contribution in [1.29, 1.82) is 0 Å². The van der Waals surface area contributed by atoms with E-state index < -0.39 is 17.7 Å². The van der Waals surface area contributed by atoms with Crippen LogP contribution in [0.4, 0.5) is 0 Å². The minimum atomic E-state index is -0.608. The third kappa shape index (κ3) is 4.18. The number of aryl methyl sites for hydroxylation is 3. The second kappa shape index (κ2) is 9.10. The van der Waals surface area contributed by atoms with Crippen LogP contribution in [0, 0.1) is 20.8 Å². The van der Waals surface area contributed by atoms with Crippen molar-refractivity contribution in [2.75, 3.05) is 26.2 Å². The van der Waals surface area contributed by atoms with E-state index in [1.807, 2.05) is 38.1 Å². The zero-order valence-corrected chi connectivity index (χ0v) is 19.0. The van der Waals surface area contributed by atoms with Gasteiger partial charge in [-0.25, -0.2) is 4.98 Å². The van der Waals surface area contributed by atoms with Gasteiger partial charge < -0.3 is 14.9 Å². The number of amides is 1. The van der Waals surface area contributed by atoms with E-state index in [9.17, 15) is 14.7 Å². The highest BCUT2D eigenvalue weighted by atomic mass is 32.1. The lowest BCUT2D eigenvalue weighted by molar-refractivity contribution is -0.129. The molecule has 1 aliphatic rings. The zero-order chi connectivity index (χ0) is 22.0. The van der Waals surface area contributed by atoms with Crippen LogP contribution in [0.2, 0.25) is 0 Å². The number of ketones is 1. The van der Waals surface area contributed by atoms with Gasteiger partial charge in [-0.15, -0.1) is 11.3 Å². The lowest BCUT2D eigenvalue weighted by Gasteiger charge is -2.29. The molecular formula is C23H29N3O3S. The van der Waals surface area contributed by atoms with Crippen molar-refractivity contribution in [2.24, 2.45) is 0 Å². The maximum Gasteiger partial charge on any atom is 0.290 e. The third-order valence-corrected chi connectivity index (χ3v) is 6.67. The monoisotopic (exact) mass is 427 g/mol. The molecule has 30 heavy (non-hydrogen) atoms. The molecule has 7 heteroatoms. The summed E-state index contributed by atoms with van der Waals surface area (Å²) in [5.41, 5.74) is 2.68. The molecule has 2 heterocycles. The molecule has 1 atom stereocenters. The number of benzene rings is 1. The minimum Gasteiger partial charge on any atom is -0.503 e. The van der Waals surface area contributed by atoms with Crippen LogP contribution in [0.5, 0.6) is 0 Å². The van der Waals surface area contributed by atoms with E-state index in [2.05, 4.69) is 23.7 Å². The smallest absolute Gasteiger partial charge is 0.290 e. The lowest BCUT2D eigenvalue weighted by Crippen LogP contribution is -2.38. The van der Waals surface area contributed by atoms with Crippen LogP contribution < -0.4 is 0 Å².